The standard InChI is InChI=1S/C21H24Cl2/c1-13(2)19-12-15(7-10-18(19)16-8-9-16)11-14(3)17-5-4-6-20(22)21(17)23/h4-7,10,12-14,16H,8-9,11H2,1-3H3. The molecule has 1 unspecified atom stereocenters. The first-order chi connectivity index (χ1) is 11.0. The minimum absolute atomic E-state index is 0.355. The molecule has 0 bridgehead atoms. The second-order valence-electron chi connectivity index (χ2n) is 7.14. The van der Waals surface area contributed by atoms with Crippen molar-refractivity contribution in [3.8, 4) is 0 Å². The van der Waals surface area contributed by atoms with Gasteiger partial charge in [0.2, 0.25) is 0 Å². The van der Waals surface area contributed by atoms with E-state index in [9.17, 15) is 0 Å². The van der Waals surface area contributed by atoms with E-state index in [2.05, 4.69) is 45.0 Å². The minimum atomic E-state index is 0.355. The van der Waals surface area contributed by atoms with Crippen molar-refractivity contribution in [3.05, 3.63) is 68.7 Å². The van der Waals surface area contributed by atoms with Crippen molar-refractivity contribution in [3.63, 3.8) is 0 Å². The molecule has 1 saturated carbocycles. The highest BCUT2D eigenvalue weighted by molar-refractivity contribution is 6.42. The van der Waals surface area contributed by atoms with E-state index in [0.29, 0.717) is 21.9 Å². The molecule has 122 valence electrons. The van der Waals surface area contributed by atoms with Crippen molar-refractivity contribution >= 4 is 23.2 Å². The summed E-state index contributed by atoms with van der Waals surface area (Å²) in [6.45, 7) is 6.81. The van der Waals surface area contributed by atoms with Crippen molar-refractivity contribution in [2.75, 3.05) is 0 Å². The maximum atomic E-state index is 6.38. The van der Waals surface area contributed by atoms with Crippen LogP contribution in [0.1, 0.15) is 73.6 Å². The minimum Gasteiger partial charge on any atom is -0.0827 e. The Morgan fingerprint density at radius 2 is 1.74 bits per heavy atom. The summed E-state index contributed by atoms with van der Waals surface area (Å²) in [4.78, 5) is 0. The molecule has 3 rings (SSSR count). The quantitative estimate of drug-likeness (QED) is 0.531. The highest BCUT2D eigenvalue weighted by Gasteiger charge is 2.26. The zero-order chi connectivity index (χ0) is 16.6. The van der Waals surface area contributed by atoms with E-state index < -0.39 is 0 Å². The van der Waals surface area contributed by atoms with E-state index >= 15 is 0 Å². The Morgan fingerprint density at radius 1 is 1.00 bits per heavy atom. The van der Waals surface area contributed by atoms with E-state index in [4.69, 9.17) is 23.2 Å². The van der Waals surface area contributed by atoms with Gasteiger partial charge >= 0.3 is 0 Å². The molecule has 0 saturated heterocycles. The van der Waals surface area contributed by atoms with Crippen LogP contribution in [0.2, 0.25) is 10.0 Å². The number of hydrogen-bond donors (Lipinski definition) is 0. The lowest BCUT2D eigenvalue weighted by Crippen LogP contribution is -2.02. The molecular weight excluding hydrogens is 323 g/mol. The van der Waals surface area contributed by atoms with E-state index in [1.54, 1.807) is 5.56 Å². The fourth-order valence-corrected chi connectivity index (χ4v) is 3.88. The summed E-state index contributed by atoms with van der Waals surface area (Å²) in [7, 11) is 0. The second kappa shape index (κ2) is 6.87. The number of halogens is 2. The summed E-state index contributed by atoms with van der Waals surface area (Å²) in [6.07, 6.45) is 3.70. The van der Waals surface area contributed by atoms with E-state index in [0.717, 1.165) is 17.9 Å². The monoisotopic (exact) mass is 346 g/mol. The molecule has 0 aromatic heterocycles. The third kappa shape index (κ3) is 3.75. The molecule has 2 heteroatoms. The highest BCUT2D eigenvalue weighted by atomic mass is 35.5. The van der Waals surface area contributed by atoms with Crippen molar-refractivity contribution in [2.45, 2.75) is 57.8 Å². The van der Waals surface area contributed by atoms with Crippen molar-refractivity contribution in [1.29, 1.82) is 0 Å². The molecule has 0 amide bonds. The van der Waals surface area contributed by atoms with Gasteiger partial charge in [-0.1, -0.05) is 74.3 Å². The second-order valence-corrected chi connectivity index (χ2v) is 7.93. The van der Waals surface area contributed by atoms with Gasteiger partial charge in [0.05, 0.1) is 10.0 Å². The third-order valence-corrected chi connectivity index (χ3v) is 5.68. The lowest BCUT2D eigenvalue weighted by Gasteiger charge is -2.18. The molecule has 0 spiro atoms. The molecule has 0 aliphatic heterocycles. The van der Waals surface area contributed by atoms with Crippen LogP contribution in [-0.2, 0) is 6.42 Å². The lowest BCUT2D eigenvalue weighted by atomic mass is 9.88. The predicted molar refractivity (Wildman–Crippen MR) is 101 cm³/mol. The largest absolute Gasteiger partial charge is 0.0827 e. The first-order valence-electron chi connectivity index (χ1n) is 8.54. The van der Waals surface area contributed by atoms with Crippen LogP contribution < -0.4 is 0 Å². The Balaban J connectivity index is 1.84. The van der Waals surface area contributed by atoms with Crippen LogP contribution in [0.15, 0.2) is 36.4 Å². The van der Waals surface area contributed by atoms with Gasteiger partial charge in [-0.3, -0.25) is 0 Å². The molecule has 0 radical (unpaired) electrons. The van der Waals surface area contributed by atoms with Crippen LogP contribution in [0.4, 0.5) is 0 Å². The Labute approximate surface area is 149 Å². The molecule has 1 aliphatic carbocycles. The van der Waals surface area contributed by atoms with Crippen LogP contribution >= 0.6 is 23.2 Å². The van der Waals surface area contributed by atoms with Gasteiger partial charge in [0.1, 0.15) is 0 Å². The van der Waals surface area contributed by atoms with Gasteiger partial charge in [0, 0.05) is 0 Å². The SMILES string of the molecule is CC(C)c1cc(CC(C)c2cccc(Cl)c2Cl)ccc1C1CC1. The van der Waals surface area contributed by atoms with Gasteiger partial charge in [0.25, 0.3) is 0 Å². The fraction of sp³-hybridized carbons (Fsp3) is 0.429. The third-order valence-electron chi connectivity index (χ3n) is 4.84. The summed E-state index contributed by atoms with van der Waals surface area (Å²) >= 11 is 12.5. The van der Waals surface area contributed by atoms with Crippen LogP contribution in [-0.4, -0.2) is 0 Å². The molecule has 1 aliphatic rings. The maximum absolute atomic E-state index is 6.38. The van der Waals surface area contributed by atoms with Gasteiger partial charge < -0.3 is 0 Å². The Bertz CT molecular complexity index is 699. The van der Waals surface area contributed by atoms with Crippen molar-refractivity contribution in [2.24, 2.45) is 0 Å². The molecule has 1 fully saturated rings. The number of benzene rings is 2. The summed E-state index contributed by atoms with van der Waals surface area (Å²) in [5, 5.41) is 1.34. The van der Waals surface area contributed by atoms with E-state index in [-0.39, 0.29) is 0 Å². The fourth-order valence-electron chi connectivity index (χ4n) is 3.38. The normalized spacial score (nSPS) is 15.9. The van der Waals surface area contributed by atoms with Gasteiger partial charge in [-0.2, -0.15) is 0 Å². The first-order valence-corrected chi connectivity index (χ1v) is 9.29. The maximum Gasteiger partial charge on any atom is 0.0627 e. The summed E-state index contributed by atoms with van der Waals surface area (Å²) in [6, 6.07) is 13.0. The average Bonchev–Trinajstić information content (AvgIpc) is 3.34. The first kappa shape index (κ1) is 16.9. The summed E-state index contributed by atoms with van der Waals surface area (Å²) in [5.41, 5.74) is 5.62. The topological polar surface area (TPSA) is 0 Å². The van der Waals surface area contributed by atoms with Gasteiger partial charge in [-0.15, -0.1) is 0 Å². The molecule has 2 aromatic rings. The Kier molecular flexibility index (Phi) is 5.04. The smallest absolute Gasteiger partial charge is 0.0627 e. The molecular formula is C21H24Cl2. The van der Waals surface area contributed by atoms with Crippen molar-refractivity contribution < 1.29 is 0 Å². The van der Waals surface area contributed by atoms with Crippen molar-refractivity contribution in [1.82, 2.24) is 0 Å². The Morgan fingerprint density at radius 3 is 2.39 bits per heavy atom. The molecule has 0 heterocycles. The van der Waals surface area contributed by atoms with Crippen LogP contribution in [0.3, 0.4) is 0 Å². The lowest BCUT2D eigenvalue weighted by molar-refractivity contribution is 0.753. The molecule has 1 atom stereocenters. The molecule has 0 N–H and O–H groups in total. The zero-order valence-corrected chi connectivity index (χ0v) is 15.6. The van der Waals surface area contributed by atoms with Crippen LogP contribution in [0.5, 0.6) is 0 Å². The molecule has 0 nitrogen and oxygen atoms in total. The van der Waals surface area contributed by atoms with Crippen LogP contribution in [0, 0.1) is 0 Å². The van der Waals surface area contributed by atoms with Gasteiger partial charge in [-0.05, 0) is 65.3 Å². The van der Waals surface area contributed by atoms with Gasteiger partial charge in [-0.25, -0.2) is 0 Å². The van der Waals surface area contributed by atoms with E-state index in [1.807, 2.05) is 12.1 Å². The average molecular weight is 347 g/mol. The summed E-state index contributed by atoms with van der Waals surface area (Å²) in [5.74, 6) is 1.74. The number of hydrogen-bond acceptors (Lipinski definition) is 0. The molecule has 23 heavy (non-hydrogen) atoms. The number of rotatable bonds is 5. The zero-order valence-electron chi connectivity index (χ0n) is 14.1. The molecule has 2 aromatic carbocycles. The summed E-state index contributed by atoms with van der Waals surface area (Å²) < 4.78 is 0. The van der Waals surface area contributed by atoms with E-state index in [1.165, 1.54) is 24.0 Å². The van der Waals surface area contributed by atoms with Crippen LogP contribution in [0.25, 0.3) is 0 Å². The van der Waals surface area contributed by atoms with Gasteiger partial charge in [0.15, 0.2) is 0 Å². The highest BCUT2D eigenvalue weighted by Crippen LogP contribution is 2.43. The predicted octanol–water partition coefficient (Wildman–Crippen LogP) is 7.34. The Hall–Kier alpha value is -0.980.